The third-order valence-electron chi connectivity index (χ3n) is 4.31. The summed E-state index contributed by atoms with van der Waals surface area (Å²) < 4.78 is 0. The molecule has 0 saturated heterocycles. The van der Waals surface area contributed by atoms with Gasteiger partial charge >= 0.3 is 0 Å². The number of benzene rings is 1. The first-order valence-electron chi connectivity index (χ1n) is 9.08. The minimum absolute atomic E-state index is 0.0554. The van der Waals surface area contributed by atoms with E-state index in [4.69, 9.17) is 11.6 Å². The van der Waals surface area contributed by atoms with E-state index >= 15 is 0 Å². The number of hydrogen-bond acceptors (Lipinski definition) is 4. The van der Waals surface area contributed by atoms with Crippen LogP contribution in [0, 0.1) is 0 Å². The molecule has 3 rings (SSSR count). The molecule has 0 amide bonds. The van der Waals surface area contributed by atoms with Crippen LogP contribution in [0.1, 0.15) is 38.1 Å². The number of Topliss-reactive ketones (excluding diaryl/α,β-unsaturated/α-hetero) is 1. The van der Waals surface area contributed by atoms with Crippen LogP contribution < -0.4 is 10.9 Å². The summed E-state index contributed by atoms with van der Waals surface area (Å²) >= 11 is 6.09. The standard InChI is InChI=1S/C22H22ClN3O2/c1-13(2)21-20(25-17-7-8-24-18(11-17)9-14(3)27)12-19(22(28)26-21)15-5-4-6-16(23)10-15/h4-8,10-13H,9H2,1-3H3,(H,24,25)(H,26,28). The van der Waals surface area contributed by atoms with Crippen LogP contribution in [0.2, 0.25) is 5.02 Å². The molecule has 0 bridgehead atoms. The maximum absolute atomic E-state index is 12.7. The molecule has 2 N–H and O–H groups in total. The highest BCUT2D eigenvalue weighted by atomic mass is 35.5. The van der Waals surface area contributed by atoms with Crippen molar-refractivity contribution in [3.63, 3.8) is 0 Å². The largest absolute Gasteiger partial charge is 0.354 e. The Hall–Kier alpha value is -2.92. The van der Waals surface area contributed by atoms with Crippen molar-refractivity contribution in [1.29, 1.82) is 0 Å². The van der Waals surface area contributed by atoms with Crippen molar-refractivity contribution in [3.05, 3.63) is 75.4 Å². The number of carbonyl (C=O) groups is 1. The molecule has 5 nitrogen and oxygen atoms in total. The Bertz CT molecular complexity index is 1070. The van der Waals surface area contributed by atoms with Gasteiger partial charge in [-0.25, -0.2) is 0 Å². The van der Waals surface area contributed by atoms with E-state index in [2.05, 4.69) is 15.3 Å². The first-order valence-corrected chi connectivity index (χ1v) is 9.46. The number of aromatic nitrogens is 2. The normalized spacial score (nSPS) is 10.9. The van der Waals surface area contributed by atoms with Crippen molar-refractivity contribution in [2.45, 2.75) is 33.1 Å². The molecule has 1 aromatic carbocycles. The molecule has 0 aliphatic heterocycles. The third kappa shape index (κ3) is 4.67. The number of rotatable bonds is 6. The number of halogens is 1. The summed E-state index contributed by atoms with van der Waals surface area (Å²) in [6.07, 6.45) is 1.95. The molecule has 28 heavy (non-hydrogen) atoms. The summed E-state index contributed by atoms with van der Waals surface area (Å²) in [6, 6.07) is 12.7. The lowest BCUT2D eigenvalue weighted by Gasteiger charge is -2.16. The molecule has 0 aliphatic rings. The van der Waals surface area contributed by atoms with Crippen LogP contribution in [0.25, 0.3) is 11.1 Å². The average Bonchev–Trinajstić information content (AvgIpc) is 2.62. The predicted octanol–water partition coefficient (Wildman–Crippen LogP) is 5.09. The number of pyridine rings is 2. The number of nitrogens with one attached hydrogen (secondary N) is 2. The summed E-state index contributed by atoms with van der Waals surface area (Å²) in [4.78, 5) is 31.3. The zero-order valence-electron chi connectivity index (χ0n) is 16.0. The average molecular weight is 396 g/mol. The molecular formula is C22H22ClN3O2. The van der Waals surface area contributed by atoms with E-state index in [1.165, 1.54) is 6.92 Å². The van der Waals surface area contributed by atoms with Gasteiger partial charge < -0.3 is 10.3 Å². The van der Waals surface area contributed by atoms with Gasteiger partial charge in [0, 0.05) is 40.3 Å². The molecule has 2 heterocycles. The Labute approximate surface area is 168 Å². The minimum Gasteiger partial charge on any atom is -0.354 e. The quantitative estimate of drug-likeness (QED) is 0.609. The van der Waals surface area contributed by atoms with Crippen LogP contribution in [-0.4, -0.2) is 15.8 Å². The molecule has 0 saturated carbocycles. The highest BCUT2D eigenvalue weighted by molar-refractivity contribution is 6.30. The maximum atomic E-state index is 12.7. The van der Waals surface area contributed by atoms with E-state index in [1.807, 2.05) is 44.2 Å². The summed E-state index contributed by atoms with van der Waals surface area (Å²) in [5, 5.41) is 3.94. The molecule has 0 unspecified atom stereocenters. The number of aromatic amines is 1. The summed E-state index contributed by atoms with van der Waals surface area (Å²) in [7, 11) is 0. The number of anilines is 2. The van der Waals surface area contributed by atoms with Gasteiger partial charge in [-0.3, -0.25) is 14.6 Å². The Kier molecular flexibility index (Phi) is 5.95. The molecule has 6 heteroatoms. The van der Waals surface area contributed by atoms with Gasteiger partial charge in [0.15, 0.2) is 0 Å². The van der Waals surface area contributed by atoms with E-state index in [9.17, 15) is 9.59 Å². The molecule has 0 radical (unpaired) electrons. The molecule has 0 fully saturated rings. The van der Waals surface area contributed by atoms with Crippen molar-refractivity contribution in [3.8, 4) is 11.1 Å². The molecule has 144 valence electrons. The van der Waals surface area contributed by atoms with E-state index in [0.29, 0.717) is 16.3 Å². The van der Waals surface area contributed by atoms with Crippen LogP contribution in [0.4, 0.5) is 11.4 Å². The van der Waals surface area contributed by atoms with Gasteiger partial charge in [0.2, 0.25) is 0 Å². The Morgan fingerprint density at radius 2 is 2.00 bits per heavy atom. The Morgan fingerprint density at radius 3 is 2.68 bits per heavy atom. The van der Waals surface area contributed by atoms with Crippen molar-refractivity contribution in [1.82, 2.24) is 9.97 Å². The summed E-state index contributed by atoms with van der Waals surface area (Å²) in [5.41, 5.74) is 4.22. The number of hydrogen-bond donors (Lipinski definition) is 2. The third-order valence-corrected chi connectivity index (χ3v) is 4.55. The van der Waals surface area contributed by atoms with Gasteiger partial charge in [-0.2, -0.15) is 0 Å². The lowest BCUT2D eigenvalue weighted by atomic mass is 10.0. The van der Waals surface area contributed by atoms with Crippen molar-refractivity contribution in [2.24, 2.45) is 0 Å². The molecule has 0 aliphatic carbocycles. The van der Waals surface area contributed by atoms with Crippen molar-refractivity contribution >= 4 is 28.8 Å². The van der Waals surface area contributed by atoms with E-state index in [1.54, 1.807) is 18.3 Å². The fourth-order valence-corrected chi connectivity index (χ4v) is 3.23. The highest BCUT2D eigenvalue weighted by Crippen LogP contribution is 2.29. The van der Waals surface area contributed by atoms with Crippen LogP contribution >= 0.6 is 11.6 Å². The fourth-order valence-electron chi connectivity index (χ4n) is 3.04. The van der Waals surface area contributed by atoms with Gasteiger partial charge in [0.1, 0.15) is 5.78 Å². The van der Waals surface area contributed by atoms with E-state index < -0.39 is 0 Å². The summed E-state index contributed by atoms with van der Waals surface area (Å²) in [6.45, 7) is 5.57. The fraction of sp³-hybridized carbons (Fsp3) is 0.227. The molecule has 0 spiro atoms. The second-order valence-electron chi connectivity index (χ2n) is 7.04. The van der Waals surface area contributed by atoms with Gasteiger partial charge in [-0.05, 0) is 48.7 Å². The second kappa shape index (κ2) is 8.40. The molecule has 3 aromatic rings. The number of carbonyl (C=O) groups excluding carboxylic acids is 1. The Morgan fingerprint density at radius 1 is 1.21 bits per heavy atom. The topological polar surface area (TPSA) is 74.8 Å². The maximum Gasteiger partial charge on any atom is 0.256 e. The zero-order valence-corrected chi connectivity index (χ0v) is 16.8. The van der Waals surface area contributed by atoms with Gasteiger partial charge in [0.05, 0.1) is 5.69 Å². The zero-order chi connectivity index (χ0) is 20.3. The SMILES string of the molecule is CC(=O)Cc1cc(Nc2cc(-c3cccc(Cl)c3)c(=O)[nH]c2C(C)C)ccn1. The van der Waals surface area contributed by atoms with E-state index in [0.717, 1.165) is 22.6 Å². The lowest BCUT2D eigenvalue weighted by molar-refractivity contribution is -0.116. The molecule has 2 aromatic heterocycles. The van der Waals surface area contributed by atoms with Crippen LogP contribution in [0.5, 0.6) is 0 Å². The predicted molar refractivity (Wildman–Crippen MR) is 114 cm³/mol. The van der Waals surface area contributed by atoms with Crippen LogP contribution in [-0.2, 0) is 11.2 Å². The van der Waals surface area contributed by atoms with Gasteiger partial charge in [0.25, 0.3) is 5.56 Å². The Balaban J connectivity index is 2.05. The first-order chi connectivity index (χ1) is 13.3. The smallest absolute Gasteiger partial charge is 0.256 e. The number of ketones is 1. The van der Waals surface area contributed by atoms with Gasteiger partial charge in [-0.15, -0.1) is 0 Å². The van der Waals surface area contributed by atoms with E-state index in [-0.39, 0.29) is 23.7 Å². The highest BCUT2D eigenvalue weighted by Gasteiger charge is 2.14. The minimum atomic E-state index is -0.163. The molecular weight excluding hydrogens is 374 g/mol. The van der Waals surface area contributed by atoms with Gasteiger partial charge in [-0.1, -0.05) is 37.6 Å². The van der Waals surface area contributed by atoms with Crippen molar-refractivity contribution < 1.29 is 4.79 Å². The first kappa shape index (κ1) is 19.8. The number of H-pyrrole nitrogens is 1. The number of nitrogens with zero attached hydrogens (tertiary/aromatic N) is 1. The monoisotopic (exact) mass is 395 g/mol. The molecule has 0 atom stereocenters. The lowest BCUT2D eigenvalue weighted by Crippen LogP contribution is -2.15. The second-order valence-corrected chi connectivity index (χ2v) is 7.48. The van der Waals surface area contributed by atoms with Crippen LogP contribution in [0.3, 0.4) is 0 Å². The summed E-state index contributed by atoms with van der Waals surface area (Å²) in [5.74, 6) is 0.168. The van der Waals surface area contributed by atoms with Crippen LogP contribution in [0.15, 0.2) is 53.5 Å². The van der Waals surface area contributed by atoms with Crippen molar-refractivity contribution in [2.75, 3.05) is 5.32 Å².